The van der Waals surface area contributed by atoms with E-state index in [1.54, 1.807) is 0 Å². The summed E-state index contributed by atoms with van der Waals surface area (Å²) in [7, 11) is 0. The standard InChI is InChI=1S/C16H14N2O/c19-12-18-16(14-9-5-2-6-10-14)11-15(17-18)13-7-3-1-4-8-13/h1-10,12,16H,11H2. The summed E-state index contributed by atoms with van der Waals surface area (Å²) in [6.45, 7) is 0. The molecule has 3 nitrogen and oxygen atoms in total. The van der Waals surface area contributed by atoms with Crippen molar-refractivity contribution in [3.8, 4) is 0 Å². The lowest BCUT2D eigenvalue weighted by Gasteiger charge is -2.16. The fraction of sp³-hybridized carbons (Fsp3) is 0.125. The Morgan fingerprint density at radius 2 is 1.63 bits per heavy atom. The molecule has 0 spiro atoms. The summed E-state index contributed by atoms with van der Waals surface area (Å²) < 4.78 is 0. The van der Waals surface area contributed by atoms with Gasteiger partial charge in [0.1, 0.15) is 0 Å². The van der Waals surface area contributed by atoms with Crippen LogP contribution in [0, 0.1) is 0 Å². The molecule has 1 aliphatic rings. The lowest BCUT2D eigenvalue weighted by molar-refractivity contribution is -0.119. The van der Waals surface area contributed by atoms with Crippen molar-refractivity contribution in [3.63, 3.8) is 0 Å². The van der Waals surface area contributed by atoms with Crippen molar-refractivity contribution >= 4 is 12.1 Å². The first-order chi connectivity index (χ1) is 9.38. The molecule has 0 aliphatic carbocycles. The Balaban J connectivity index is 1.90. The van der Waals surface area contributed by atoms with Gasteiger partial charge in [0.25, 0.3) is 0 Å². The molecule has 0 aromatic heterocycles. The van der Waals surface area contributed by atoms with Crippen LogP contribution in [0.2, 0.25) is 0 Å². The number of amides is 1. The zero-order valence-electron chi connectivity index (χ0n) is 10.4. The first kappa shape index (κ1) is 11.7. The number of hydrogen-bond acceptors (Lipinski definition) is 2. The third kappa shape index (κ3) is 2.27. The molecule has 1 atom stereocenters. The third-order valence-electron chi connectivity index (χ3n) is 3.34. The van der Waals surface area contributed by atoms with Crippen LogP contribution < -0.4 is 0 Å². The van der Waals surface area contributed by atoms with E-state index >= 15 is 0 Å². The van der Waals surface area contributed by atoms with Crippen LogP contribution >= 0.6 is 0 Å². The second-order valence-corrected chi connectivity index (χ2v) is 4.53. The van der Waals surface area contributed by atoms with E-state index in [-0.39, 0.29) is 6.04 Å². The van der Waals surface area contributed by atoms with Gasteiger partial charge in [-0.3, -0.25) is 4.79 Å². The molecule has 2 aromatic carbocycles. The summed E-state index contributed by atoms with van der Waals surface area (Å²) in [5.74, 6) is 0. The average Bonchev–Trinajstić information content (AvgIpc) is 2.93. The molecule has 0 bridgehead atoms. The fourth-order valence-electron chi connectivity index (χ4n) is 2.38. The van der Waals surface area contributed by atoms with Crippen molar-refractivity contribution in [2.75, 3.05) is 0 Å². The van der Waals surface area contributed by atoms with Crippen LogP contribution in [0.4, 0.5) is 0 Å². The van der Waals surface area contributed by atoms with Crippen LogP contribution in [-0.4, -0.2) is 17.1 Å². The zero-order chi connectivity index (χ0) is 13.1. The van der Waals surface area contributed by atoms with E-state index in [9.17, 15) is 4.79 Å². The van der Waals surface area contributed by atoms with E-state index in [1.807, 2.05) is 60.7 Å². The molecular weight excluding hydrogens is 236 g/mol. The minimum atomic E-state index is 0.00825. The highest BCUT2D eigenvalue weighted by atomic mass is 16.1. The SMILES string of the molecule is O=CN1N=C(c2ccccc2)CC1c1ccccc1. The Labute approximate surface area is 112 Å². The predicted octanol–water partition coefficient (Wildman–Crippen LogP) is 2.99. The van der Waals surface area contributed by atoms with Crippen molar-refractivity contribution in [1.82, 2.24) is 5.01 Å². The summed E-state index contributed by atoms with van der Waals surface area (Å²) in [5, 5.41) is 5.93. The maximum Gasteiger partial charge on any atom is 0.230 e. The Kier molecular flexibility index (Phi) is 3.11. The van der Waals surface area contributed by atoms with Gasteiger partial charge in [0.2, 0.25) is 6.41 Å². The average molecular weight is 250 g/mol. The number of carbonyl (C=O) groups excluding carboxylic acids is 1. The highest BCUT2D eigenvalue weighted by molar-refractivity contribution is 6.02. The molecule has 1 unspecified atom stereocenters. The van der Waals surface area contributed by atoms with Crippen molar-refractivity contribution < 1.29 is 4.79 Å². The van der Waals surface area contributed by atoms with E-state index in [0.717, 1.165) is 29.7 Å². The van der Waals surface area contributed by atoms with E-state index in [0.29, 0.717) is 0 Å². The summed E-state index contributed by atoms with van der Waals surface area (Å²) in [4.78, 5) is 11.2. The van der Waals surface area contributed by atoms with Gasteiger partial charge in [-0.25, -0.2) is 5.01 Å². The Hall–Kier alpha value is -2.42. The molecule has 0 saturated carbocycles. The molecule has 0 saturated heterocycles. The first-order valence-electron chi connectivity index (χ1n) is 6.30. The third-order valence-corrected chi connectivity index (χ3v) is 3.34. The molecule has 0 N–H and O–H groups in total. The van der Waals surface area contributed by atoms with Gasteiger partial charge in [-0.05, 0) is 11.1 Å². The largest absolute Gasteiger partial charge is 0.277 e. The van der Waals surface area contributed by atoms with E-state index in [2.05, 4.69) is 5.10 Å². The molecule has 19 heavy (non-hydrogen) atoms. The van der Waals surface area contributed by atoms with Gasteiger partial charge in [0.05, 0.1) is 11.8 Å². The maximum absolute atomic E-state index is 11.2. The number of hydrazone groups is 1. The molecule has 1 aliphatic heterocycles. The summed E-state index contributed by atoms with van der Waals surface area (Å²) in [6.07, 6.45) is 1.56. The van der Waals surface area contributed by atoms with E-state index < -0.39 is 0 Å². The van der Waals surface area contributed by atoms with Crippen LogP contribution in [0.1, 0.15) is 23.6 Å². The fourth-order valence-corrected chi connectivity index (χ4v) is 2.38. The van der Waals surface area contributed by atoms with Crippen molar-refractivity contribution in [3.05, 3.63) is 71.8 Å². The number of carbonyl (C=O) groups is 1. The normalized spacial score (nSPS) is 18.2. The van der Waals surface area contributed by atoms with Crippen LogP contribution in [-0.2, 0) is 4.79 Å². The number of rotatable bonds is 3. The van der Waals surface area contributed by atoms with Gasteiger partial charge in [-0.1, -0.05) is 60.7 Å². The zero-order valence-corrected chi connectivity index (χ0v) is 10.4. The lowest BCUT2D eigenvalue weighted by Crippen LogP contribution is -2.17. The highest BCUT2D eigenvalue weighted by Gasteiger charge is 2.28. The summed E-state index contributed by atoms with van der Waals surface area (Å²) in [6, 6.07) is 20.0. The molecule has 2 aromatic rings. The molecule has 94 valence electrons. The molecule has 0 fully saturated rings. The molecule has 1 heterocycles. The molecule has 0 radical (unpaired) electrons. The van der Waals surface area contributed by atoms with Crippen LogP contribution in [0.15, 0.2) is 65.8 Å². The summed E-state index contributed by atoms with van der Waals surface area (Å²) >= 11 is 0. The van der Waals surface area contributed by atoms with Crippen LogP contribution in [0.25, 0.3) is 0 Å². The Bertz CT molecular complexity index is 593. The van der Waals surface area contributed by atoms with Crippen LogP contribution in [0.5, 0.6) is 0 Å². The van der Waals surface area contributed by atoms with Gasteiger partial charge in [0.15, 0.2) is 0 Å². The second-order valence-electron chi connectivity index (χ2n) is 4.53. The number of hydrogen-bond donors (Lipinski definition) is 0. The topological polar surface area (TPSA) is 32.7 Å². The minimum Gasteiger partial charge on any atom is -0.277 e. The van der Waals surface area contributed by atoms with E-state index in [4.69, 9.17) is 0 Å². The van der Waals surface area contributed by atoms with Gasteiger partial charge in [-0.15, -0.1) is 0 Å². The summed E-state index contributed by atoms with van der Waals surface area (Å²) in [5.41, 5.74) is 3.15. The molecular formula is C16H14N2O. The minimum absolute atomic E-state index is 0.00825. The van der Waals surface area contributed by atoms with Crippen molar-refractivity contribution in [2.45, 2.75) is 12.5 Å². The lowest BCUT2D eigenvalue weighted by atomic mass is 9.99. The van der Waals surface area contributed by atoms with Crippen molar-refractivity contribution in [1.29, 1.82) is 0 Å². The second kappa shape index (κ2) is 5.06. The van der Waals surface area contributed by atoms with Gasteiger partial charge < -0.3 is 0 Å². The monoisotopic (exact) mass is 250 g/mol. The van der Waals surface area contributed by atoms with Gasteiger partial charge >= 0.3 is 0 Å². The van der Waals surface area contributed by atoms with E-state index in [1.165, 1.54) is 5.01 Å². The molecule has 3 rings (SSSR count). The first-order valence-corrected chi connectivity index (χ1v) is 6.30. The highest BCUT2D eigenvalue weighted by Crippen LogP contribution is 2.31. The predicted molar refractivity (Wildman–Crippen MR) is 74.7 cm³/mol. The van der Waals surface area contributed by atoms with Gasteiger partial charge in [-0.2, -0.15) is 5.10 Å². The number of benzene rings is 2. The number of nitrogens with zero attached hydrogens (tertiary/aromatic N) is 2. The van der Waals surface area contributed by atoms with Gasteiger partial charge in [0, 0.05) is 6.42 Å². The quantitative estimate of drug-likeness (QED) is 0.771. The van der Waals surface area contributed by atoms with Crippen LogP contribution in [0.3, 0.4) is 0 Å². The maximum atomic E-state index is 11.2. The molecule has 3 heteroatoms. The smallest absolute Gasteiger partial charge is 0.230 e. The Morgan fingerprint density at radius 3 is 2.26 bits per heavy atom. The molecule has 1 amide bonds. The Morgan fingerprint density at radius 1 is 1.00 bits per heavy atom. The van der Waals surface area contributed by atoms with Crippen molar-refractivity contribution in [2.24, 2.45) is 5.10 Å².